The molecule has 0 aromatic carbocycles. The minimum atomic E-state index is -2.00. The summed E-state index contributed by atoms with van der Waals surface area (Å²) in [4.78, 5) is 58.0. The molecule has 0 aromatic rings. The monoisotopic (exact) mass is 630 g/mol. The van der Waals surface area contributed by atoms with Crippen molar-refractivity contribution in [2.45, 2.75) is 70.4 Å². The van der Waals surface area contributed by atoms with Crippen molar-refractivity contribution in [3.8, 4) is 0 Å². The Labute approximate surface area is 251 Å². The highest BCUT2D eigenvalue weighted by molar-refractivity contribution is 6.01. The van der Waals surface area contributed by atoms with Gasteiger partial charge in [0, 0.05) is 30.2 Å². The second-order valence-corrected chi connectivity index (χ2v) is 12.2. The molecule has 0 spiro atoms. The number of carbonyl (C=O) groups excluding carboxylic acids is 4. The molecule has 4 rings (SSSR count). The fraction of sp³-hybridized carbons (Fsp3) is 0.704. The maximum absolute atomic E-state index is 17.1. The van der Waals surface area contributed by atoms with Crippen LogP contribution in [0.5, 0.6) is 0 Å². The Kier molecular flexibility index (Phi) is 10.2. The largest absolute Gasteiger partial charge is 0.442 e. The van der Waals surface area contributed by atoms with E-state index in [2.05, 4.69) is 20.3 Å². The number of fused-ring (bicyclic) bond motifs is 5. The number of carbonyl (C=O) groups is 4. The van der Waals surface area contributed by atoms with Crippen molar-refractivity contribution >= 4 is 23.6 Å². The number of alkyl halides is 1. The highest BCUT2D eigenvalue weighted by atomic mass is 19.1. The highest BCUT2D eigenvalue weighted by Crippen LogP contribution is 2.68. The van der Waals surface area contributed by atoms with Gasteiger partial charge >= 0.3 is 6.09 Å². The number of alkyl carbamates (subject to hydrolysis) is 1. The number of aliphatic hydroxyl groups excluding tert-OH is 1. The van der Waals surface area contributed by atoms with Crippen LogP contribution in [0.25, 0.3) is 0 Å². The van der Waals surface area contributed by atoms with Crippen LogP contribution < -0.4 is 10.6 Å². The number of nitrogens with zero attached hydrogens (tertiary/aromatic N) is 2. The summed E-state index contributed by atoms with van der Waals surface area (Å²) >= 11 is 0. The van der Waals surface area contributed by atoms with Gasteiger partial charge in [-0.15, -0.1) is 0 Å². The van der Waals surface area contributed by atoms with E-state index in [1.54, 1.807) is 13.0 Å². The molecule has 3 saturated carbocycles. The van der Waals surface area contributed by atoms with Crippen LogP contribution in [0, 0.1) is 28.6 Å². The summed E-state index contributed by atoms with van der Waals surface area (Å²) in [7, 11) is 0. The highest BCUT2D eigenvalue weighted by Gasteiger charge is 2.70. The molecule has 246 valence electrons. The quantitative estimate of drug-likeness (QED) is 0.118. The Morgan fingerprint density at radius 3 is 2.41 bits per heavy atom. The fourth-order valence-corrected chi connectivity index (χ4v) is 7.90. The molecule has 0 aliphatic heterocycles. The molecule has 2 amide bonds. The number of ether oxygens (including phenoxy) is 1. The van der Waals surface area contributed by atoms with Gasteiger partial charge in [-0.3, -0.25) is 35.2 Å². The van der Waals surface area contributed by atoms with Gasteiger partial charge in [0.1, 0.15) is 0 Å². The Morgan fingerprint density at radius 1 is 1.07 bits per heavy atom. The minimum absolute atomic E-state index is 0.0400. The third-order valence-electron chi connectivity index (χ3n) is 9.89. The molecule has 0 saturated heterocycles. The van der Waals surface area contributed by atoms with Crippen molar-refractivity contribution < 1.29 is 63.9 Å². The van der Waals surface area contributed by atoms with E-state index in [0.29, 0.717) is 31.3 Å². The van der Waals surface area contributed by atoms with Crippen molar-refractivity contribution in [1.29, 1.82) is 0 Å². The second-order valence-electron chi connectivity index (χ2n) is 12.2. The van der Waals surface area contributed by atoms with Crippen LogP contribution in [0.15, 0.2) is 23.8 Å². The zero-order valence-electron chi connectivity index (χ0n) is 24.3. The third-order valence-corrected chi connectivity index (χ3v) is 9.89. The molecule has 0 bridgehead atoms. The number of nitrogens with one attached hydrogen (secondary N) is 2. The number of allylic oxidation sites excluding steroid dienone is 4. The lowest BCUT2D eigenvalue weighted by Gasteiger charge is -2.62. The lowest BCUT2D eigenvalue weighted by molar-refractivity contribution is -0.584. The van der Waals surface area contributed by atoms with Crippen LogP contribution in [0.3, 0.4) is 0 Å². The van der Waals surface area contributed by atoms with Gasteiger partial charge in [-0.25, -0.2) is 18.9 Å². The molecule has 0 heterocycles. The number of halogens is 1. The number of amides is 2. The molecular weight excluding hydrogens is 591 g/mol. The molecule has 7 N–H and O–H groups in total. The molecule has 3 fully saturated rings. The van der Waals surface area contributed by atoms with Crippen LogP contribution in [-0.2, 0) is 28.8 Å². The van der Waals surface area contributed by atoms with Gasteiger partial charge in [0.25, 0.3) is 0 Å². The maximum Gasteiger partial charge on any atom is 0.408 e. The van der Waals surface area contributed by atoms with Crippen LogP contribution in [0.1, 0.15) is 52.4 Å². The van der Waals surface area contributed by atoms with E-state index >= 15 is 4.39 Å². The summed E-state index contributed by atoms with van der Waals surface area (Å²) in [6, 6.07) is 0. The van der Waals surface area contributed by atoms with Gasteiger partial charge in [-0.05, 0) is 62.5 Å². The summed E-state index contributed by atoms with van der Waals surface area (Å²) in [6.07, 6.45) is 2.13. The number of ketones is 2. The topological polar surface area (TPSA) is 228 Å². The smallest absolute Gasteiger partial charge is 0.408 e. The first kappa shape index (κ1) is 34.0. The van der Waals surface area contributed by atoms with Gasteiger partial charge < -0.3 is 20.5 Å². The van der Waals surface area contributed by atoms with Crippen molar-refractivity contribution in [3.63, 3.8) is 0 Å². The summed E-state index contributed by atoms with van der Waals surface area (Å²) in [6.45, 7) is 2.28. The van der Waals surface area contributed by atoms with Gasteiger partial charge in [0.15, 0.2) is 23.8 Å². The average Bonchev–Trinajstić information content (AvgIpc) is 3.27. The van der Waals surface area contributed by atoms with Crippen molar-refractivity contribution in [2.75, 3.05) is 19.7 Å². The average molecular weight is 631 g/mol. The van der Waals surface area contributed by atoms with Crippen molar-refractivity contribution in [2.24, 2.45) is 28.6 Å². The summed E-state index contributed by atoms with van der Waals surface area (Å²) < 4.78 is 22.2. The number of Topliss-reactive ketones (excluding diaryl/α,β-unsaturated/α-hetero) is 1. The van der Waals surface area contributed by atoms with Crippen LogP contribution in [-0.4, -0.2) is 98.0 Å². The number of rotatable bonds is 12. The minimum Gasteiger partial charge on any atom is -0.442 e. The Hall–Kier alpha value is -2.87. The predicted molar refractivity (Wildman–Crippen MR) is 141 cm³/mol. The van der Waals surface area contributed by atoms with E-state index < -0.39 is 76.7 Å². The Balaban J connectivity index is 1.27. The first-order chi connectivity index (χ1) is 20.6. The predicted octanol–water partition coefficient (Wildman–Crippen LogP) is 1.13. The SMILES string of the molecule is C[C@]12C[C@H](O)C3(F)[C@@H](CCC4=CC(=O)C=C[C@@]43C)C1CCC2C(=O)COC(=O)NCC(=O)NCCC(ON(O)O)ON(O)O. The van der Waals surface area contributed by atoms with E-state index in [1.807, 2.05) is 6.92 Å². The van der Waals surface area contributed by atoms with Crippen molar-refractivity contribution in [3.05, 3.63) is 23.8 Å². The molecule has 7 atom stereocenters. The normalized spacial score (nSPS) is 34.3. The first-order valence-electron chi connectivity index (χ1n) is 14.3. The zero-order chi connectivity index (χ0) is 32.4. The van der Waals surface area contributed by atoms with Gasteiger partial charge in [-0.2, -0.15) is 0 Å². The molecule has 0 aromatic heterocycles. The second kappa shape index (κ2) is 13.2. The fourth-order valence-electron chi connectivity index (χ4n) is 7.90. The van der Waals surface area contributed by atoms with E-state index in [0.717, 1.165) is 0 Å². The lowest BCUT2D eigenvalue weighted by atomic mass is 9.45. The first-order valence-corrected chi connectivity index (χ1v) is 14.3. The van der Waals surface area contributed by atoms with E-state index in [4.69, 9.17) is 25.6 Å². The molecule has 16 nitrogen and oxygen atoms in total. The van der Waals surface area contributed by atoms with E-state index in [-0.39, 0.29) is 36.9 Å². The Morgan fingerprint density at radius 2 is 1.75 bits per heavy atom. The van der Waals surface area contributed by atoms with E-state index in [1.165, 1.54) is 12.2 Å². The molecular formula is C27H39FN4O12. The molecule has 4 aliphatic carbocycles. The summed E-state index contributed by atoms with van der Waals surface area (Å²) in [5, 5.41) is 48.9. The van der Waals surface area contributed by atoms with Gasteiger partial charge in [0.05, 0.1) is 23.4 Å². The zero-order valence-corrected chi connectivity index (χ0v) is 24.3. The Bertz CT molecular complexity index is 1190. The van der Waals surface area contributed by atoms with Crippen LogP contribution in [0.4, 0.5) is 9.18 Å². The van der Waals surface area contributed by atoms with Crippen LogP contribution in [0.2, 0.25) is 0 Å². The molecule has 4 aliphatic rings. The number of aliphatic hydroxyl groups is 1. The molecule has 44 heavy (non-hydrogen) atoms. The van der Waals surface area contributed by atoms with Crippen molar-refractivity contribution in [1.82, 2.24) is 21.4 Å². The summed E-state index contributed by atoms with van der Waals surface area (Å²) in [5.74, 6) is -2.56. The molecule has 0 radical (unpaired) electrons. The number of hydrogen-bond donors (Lipinski definition) is 7. The molecule has 3 unspecified atom stereocenters. The standard InChI is InChI=1S/C27H39FN4O12/c1-25-12-21(35)27(28)18(4-3-15-11-16(33)7-9-26(15,27)2)17(25)5-6-19(25)20(34)14-42-24(37)30-13-22(36)29-10-8-23(43-31(38)39)44-32(40)41/h7,9,11,17-19,21,23,35,38-41H,3-6,8,10,12-14H2,1-2H3,(H,29,36)(H,30,37)/t17?,18-,19?,21-,25-,26-,27?/m0/s1. The van der Waals surface area contributed by atoms with Crippen LogP contribution >= 0.6 is 0 Å². The third kappa shape index (κ3) is 6.56. The molecule has 17 heteroatoms. The van der Waals surface area contributed by atoms with Gasteiger partial charge in [-0.1, -0.05) is 18.6 Å². The number of hydrogen-bond acceptors (Lipinski definition) is 14. The van der Waals surface area contributed by atoms with E-state index in [9.17, 15) is 24.3 Å². The maximum atomic E-state index is 17.1. The lowest BCUT2D eigenvalue weighted by Crippen LogP contribution is -2.66. The summed E-state index contributed by atoms with van der Waals surface area (Å²) in [5.41, 5.74) is -3.16. The van der Waals surface area contributed by atoms with Gasteiger partial charge in [0.2, 0.25) is 12.2 Å².